The molecule has 0 saturated heterocycles. The number of hydrogen-bond donors (Lipinski definition) is 0. The molecule has 2 saturated carbocycles. The van der Waals surface area contributed by atoms with Gasteiger partial charge in [-0.25, -0.2) is 0 Å². The predicted octanol–water partition coefficient (Wildman–Crippen LogP) is 4.03. The highest BCUT2D eigenvalue weighted by Gasteiger charge is 2.40. The summed E-state index contributed by atoms with van der Waals surface area (Å²) >= 11 is 0. The minimum atomic E-state index is 0.169. The monoisotopic (exact) mass is 271 g/mol. The summed E-state index contributed by atoms with van der Waals surface area (Å²) in [7, 11) is 1.95. The van der Waals surface area contributed by atoms with Crippen molar-refractivity contribution in [2.45, 2.75) is 45.1 Å². The van der Waals surface area contributed by atoms with Crippen LogP contribution in [-0.2, 0) is 4.79 Å². The number of hydrogen-bond acceptors (Lipinski definition) is 1. The first kappa shape index (κ1) is 13.7. The Morgan fingerprint density at radius 1 is 1.25 bits per heavy atom. The first-order chi connectivity index (χ1) is 9.65. The molecule has 1 amide bonds. The lowest BCUT2D eigenvalue weighted by Gasteiger charge is -2.28. The van der Waals surface area contributed by atoms with E-state index in [1.807, 2.05) is 30.1 Å². The maximum atomic E-state index is 12.5. The first-order valence-corrected chi connectivity index (χ1v) is 7.95. The second-order valence-electron chi connectivity index (χ2n) is 6.73. The van der Waals surface area contributed by atoms with Crippen LogP contribution in [0.25, 0.3) is 0 Å². The van der Waals surface area contributed by atoms with Gasteiger partial charge in [0.2, 0.25) is 5.91 Å². The molecule has 1 aromatic rings. The maximum Gasteiger partial charge on any atom is 0.223 e. The standard InChI is InChI=1S/C18H25NO/c1-13(15-6-4-3-5-7-15)19(2)18(20)12-17-11-14-8-9-16(17)10-14/h3-7,13-14,16-17H,8-12H2,1-2H3. The Morgan fingerprint density at radius 3 is 2.60 bits per heavy atom. The largest absolute Gasteiger partial charge is 0.339 e. The molecule has 0 aliphatic heterocycles. The zero-order chi connectivity index (χ0) is 14.1. The Kier molecular flexibility index (Phi) is 3.82. The van der Waals surface area contributed by atoms with E-state index in [4.69, 9.17) is 0 Å². The third-order valence-electron chi connectivity index (χ3n) is 5.58. The summed E-state index contributed by atoms with van der Waals surface area (Å²) in [6, 6.07) is 10.5. The average Bonchev–Trinajstić information content (AvgIpc) is 3.09. The van der Waals surface area contributed by atoms with Crippen molar-refractivity contribution in [1.29, 1.82) is 0 Å². The molecule has 20 heavy (non-hydrogen) atoms. The zero-order valence-corrected chi connectivity index (χ0v) is 12.6. The van der Waals surface area contributed by atoms with Gasteiger partial charge in [0.15, 0.2) is 0 Å². The molecular formula is C18H25NO. The highest BCUT2D eigenvalue weighted by Crippen LogP contribution is 2.49. The van der Waals surface area contributed by atoms with Gasteiger partial charge in [-0.05, 0) is 49.5 Å². The molecule has 2 aliphatic rings. The van der Waals surface area contributed by atoms with Crippen molar-refractivity contribution in [2.75, 3.05) is 7.05 Å². The second-order valence-corrected chi connectivity index (χ2v) is 6.73. The van der Waals surface area contributed by atoms with E-state index in [0.717, 1.165) is 18.3 Å². The summed E-state index contributed by atoms with van der Waals surface area (Å²) in [6.07, 6.45) is 6.21. The van der Waals surface area contributed by atoms with Gasteiger partial charge in [0.25, 0.3) is 0 Å². The topological polar surface area (TPSA) is 20.3 Å². The zero-order valence-electron chi connectivity index (χ0n) is 12.6. The molecule has 108 valence electrons. The van der Waals surface area contributed by atoms with Crippen molar-refractivity contribution >= 4 is 5.91 Å². The fraction of sp³-hybridized carbons (Fsp3) is 0.611. The molecule has 0 N–H and O–H groups in total. The van der Waals surface area contributed by atoms with Crippen molar-refractivity contribution in [3.8, 4) is 0 Å². The number of carbonyl (C=O) groups excluding carboxylic acids is 1. The number of amides is 1. The molecule has 4 atom stereocenters. The number of rotatable bonds is 4. The van der Waals surface area contributed by atoms with Crippen LogP contribution in [0.3, 0.4) is 0 Å². The molecule has 2 bridgehead atoms. The molecule has 2 aliphatic carbocycles. The van der Waals surface area contributed by atoms with Gasteiger partial charge in [-0.15, -0.1) is 0 Å². The van der Waals surface area contributed by atoms with Crippen LogP contribution in [0.2, 0.25) is 0 Å². The van der Waals surface area contributed by atoms with Crippen molar-refractivity contribution in [3.63, 3.8) is 0 Å². The summed E-state index contributed by atoms with van der Waals surface area (Å²) in [6.45, 7) is 2.12. The van der Waals surface area contributed by atoms with E-state index in [2.05, 4.69) is 19.1 Å². The van der Waals surface area contributed by atoms with Crippen molar-refractivity contribution in [1.82, 2.24) is 4.90 Å². The molecule has 0 aromatic heterocycles. The van der Waals surface area contributed by atoms with Crippen LogP contribution in [0.5, 0.6) is 0 Å². The minimum Gasteiger partial charge on any atom is -0.339 e. The lowest BCUT2D eigenvalue weighted by molar-refractivity contribution is -0.133. The lowest BCUT2D eigenvalue weighted by atomic mass is 9.86. The van der Waals surface area contributed by atoms with E-state index in [0.29, 0.717) is 11.8 Å². The van der Waals surface area contributed by atoms with Gasteiger partial charge in [0, 0.05) is 13.5 Å². The van der Waals surface area contributed by atoms with Crippen LogP contribution in [0, 0.1) is 17.8 Å². The van der Waals surface area contributed by atoms with Crippen LogP contribution >= 0.6 is 0 Å². The quantitative estimate of drug-likeness (QED) is 0.809. The summed E-state index contributed by atoms with van der Waals surface area (Å²) < 4.78 is 0. The molecular weight excluding hydrogens is 246 g/mol. The van der Waals surface area contributed by atoms with Crippen LogP contribution in [0.4, 0.5) is 0 Å². The third kappa shape index (κ3) is 2.61. The van der Waals surface area contributed by atoms with E-state index < -0.39 is 0 Å². The smallest absolute Gasteiger partial charge is 0.223 e. The Balaban J connectivity index is 1.59. The van der Waals surface area contributed by atoms with E-state index in [-0.39, 0.29) is 6.04 Å². The fourth-order valence-corrected chi connectivity index (χ4v) is 4.17. The first-order valence-electron chi connectivity index (χ1n) is 7.95. The molecule has 4 unspecified atom stereocenters. The summed E-state index contributed by atoms with van der Waals surface area (Å²) in [5.74, 6) is 2.74. The van der Waals surface area contributed by atoms with Crippen LogP contribution < -0.4 is 0 Å². The summed E-state index contributed by atoms with van der Waals surface area (Å²) in [4.78, 5) is 14.4. The predicted molar refractivity (Wildman–Crippen MR) is 81.2 cm³/mol. The number of nitrogens with zero attached hydrogens (tertiary/aromatic N) is 1. The van der Waals surface area contributed by atoms with E-state index in [1.54, 1.807) is 0 Å². The maximum absolute atomic E-state index is 12.5. The summed E-state index contributed by atoms with van der Waals surface area (Å²) in [5.41, 5.74) is 1.22. The minimum absolute atomic E-state index is 0.169. The lowest BCUT2D eigenvalue weighted by Crippen LogP contribution is -2.32. The SMILES string of the molecule is CC(c1ccccc1)N(C)C(=O)CC1CC2CCC1C2. The van der Waals surface area contributed by atoms with Crippen LogP contribution in [0.1, 0.15) is 50.6 Å². The molecule has 2 nitrogen and oxygen atoms in total. The molecule has 0 radical (unpaired) electrons. The van der Waals surface area contributed by atoms with Crippen molar-refractivity contribution in [2.24, 2.45) is 17.8 Å². The molecule has 0 heterocycles. The second kappa shape index (κ2) is 5.59. The van der Waals surface area contributed by atoms with E-state index in [1.165, 1.54) is 31.2 Å². The number of fused-ring (bicyclic) bond motifs is 2. The van der Waals surface area contributed by atoms with Gasteiger partial charge in [-0.3, -0.25) is 4.79 Å². The van der Waals surface area contributed by atoms with Crippen molar-refractivity contribution in [3.05, 3.63) is 35.9 Å². The normalized spacial score (nSPS) is 29.4. The third-order valence-corrected chi connectivity index (χ3v) is 5.58. The molecule has 2 fully saturated rings. The number of benzene rings is 1. The molecule has 2 heteroatoms. The van der Waals surface area contributed by atoms with Gasteiger partial charge in [-0.2, -0.15) is 0 Å². The van der Waals surface area contributed by atoms with E-state index in [9.17, 15) is 4.79 Å². The Labute approximate surface area is 122 Å². The van der Waals surface area contributed by atoms with Gasteiger partial charge < -0.3 is 4.90 Å². The molecule has 3 rings (SSSR count). The molecule has 1 aromatic carbocycles. The highest BCUT2D eigenvalue weighted by molar-refractivity contribution is 5.76. The number of carbonyl (C=O) groups is 1. The van der Waals surface area contributed by atoms with E-state index >= 15 is 0 Å². The summed E-state index contributed by atoms with van der Waals surface area (Å²) in [5, 5.41) is 0. The van der Waals surface area contributed by atoms with Crippen molar-refractivity contribution < 1.29 is 4.79 Å². The van der Waals surface area contributed by atoms with Gasteiger partial charge >= 0.3 is 0 Å². The van der Waals surface area contributed by atoms with Gasteiger partial charge in [-0.1, -0.05) is 36.8 Å². The van der Waals surface area contributed by atoms with Gasteiger partial charge in [0.1, 0.15) is 0 Å². The Hall–Kier alpha value is -1.31. The Bertz CT molecular complexity index is 470. The highest BCUT2D eigenvalue weighted by atomic mass is 16.2. The van der Waals surface area contributed by atoms with Crippen LogP contribution in [-0.4, -0.2) is 17.9 Å². The van der Waals surface area contributed by atoms with Crippen LogP contribution in [0.15, 0.2) is 30.3 Å². The average molecular weight is 271 g/mol. The Morgan fingerprint density at radius 2 is 2.00 bits per heavy atom. The molecule has 0 spiro atoms. The fourth-order valence-electron chi connectivity index (χ4n) is 4.17. The van der Waals surface area contributed by atoms with Gasteiger partial charge in [0.05, 0.1) is 6.04 Å².